The lowest BCUT2D eigenvalue weighted by Gasteiger charge is -2.41. The molecule has 0 spiro atoms. The van der Waals surface area contributed by atoms with E-state index in [1.54, 1.807) is 12.3 Å². The minimum atomic E-state index is -1.42. The highest BCUT2D eigenvalue weighted by Crippen LogP contribution is 2.41. The van der Waals surface area contributed by atoms with Crippen LogP contribution in [0.5, 0.6) is 0 Å². The molecule has 20 nitrogen and oxygen atoms in total. The number of hydrogen-bond donors (Lipinski definition) is 6. The number of nitrogens with two attached hydrogens (primary N) is 1. The molecule has 0 bridgehead atoms. The quantitative estimate of drug-likeness (QED) is 0.0392. The number of hydrogen-bond acceptors (Lipinski definition) is 13. The van der Waals surface area contributed by atoms with Crippen LogP contribution >= 0.6 is 0 Å². The number of amides is 6. The fourth-order valence-corrected chi connectivity index (χ4v) is 7.29. The van der Waals surface area contributed by atoms with Crippen molar-refractivity contribution in [2.24, 2.45) is 11.1 Å². The second-order valence-electron chi connectivity index (χ2n) is 17.1. The van der Waals surface area contributed by atoms with Crippen molar-refractivity contribution < 1.29 is 71.5 Å². The van der Waals surface area contributed by atoms with Crippen LogP contribution < -0.4 is 21.7 Å². The van der Waals surface area contributed by atoms with E-state index in [0.29, 0.717) is 16.2 Å². The van der Waals surface area contributed by atoms with Gasteiger partial charge in [-0.05, 0) is 41.7 Å². The number of carbonyl (C=O) groups excluding carboxylic acids is 6. The zero-order valence-electron chi connectivity index (χ0n) is 39.5. The first-order valence-electron chi connectivity index (χ1n) is 22.7. The van der Waals surface area contributed by atoms with E-state index in [0.717, 1.165) is 35.9 Å². The molecule has 1 aliphatic heterocycles. The summed E-state index contributed by atoms with van der Waals surface area (Å²) in [5.74, 6) is -6.75. The molecular formula is C48H63F2N7O13. The number of imide groups is 1. The molecular weight excluding hydrogens is 921 g/mol. The number of nitrogens with one attached hydrogen (secondary N) is 3. The monoisotopic (exact) mass is 983 g/mol. The van der Waals surface area contributed by atoms with Crippen LogP contribution in [0.25, 0.3) is 11.1 Å². The molecule has 0 aliphatic carbocycles. The molecule has 0 radical (unpaired) electrons. The Morgan fingerprint density at radius 3 is 2.03 bits per heavy atom. The standard InChI is InChI=1S/C48H63F2N7O13/c1-48(2,3)45(39-25-33(35-26-34(49)9-10-36(35)50)29-55(39)28-32-7-5-4-6-8-32)56(43(62)31-58)16-13-37(51)46(65)54-38(27-53-40(59)30-57-41(60)11-12-42(57)61)47(66)52-15-18-68-20-22-70-24-23-69-21-19-67-17-14-44(63)64/h4-12,25-26,29,37-38,45,58H,13-24,27-28,30-31,51H2,1-3H3,(H,52,66)(H,53,59)(H,54,65)(H,63,64)/t37-,38+,45-/m0/s1. The topological polar surface area (TPSA) is 270 Å². The van der Waals surface area contributed by atoms with E-state index in [-0.39, 0.29) is 90.9 Å². The summed E-state index contributed by atoms with van der Waals surface area (Å²) in [6.45, 7) is 5.17. The minimum Gasteiger partial charge on any atom is -0.481 e. The van der Waals surface area contributed by atoms with Crippen LogP contribution in [-0.2, 0) is 59.1 Å². The van der Waals surface area contributed by atoms with Crippen molar-refractivity contribution in [2.75, 3.05) is 85.6 Å². The van der Waals surface area contributed by atoms with Gasteiger partial charge in [-0.15, -0.1) is 0 Å². The molecule has 0 saturated carbocycles. The zero-order valence-corrected chi connectivity index (χ0v) is 39.5. The van der Waals surface area contributed by atoms with Gasteiger partial charge in [0.05, 0.1) is 71.4 Å². The number of rotatable bonds is 31. The first-order valence-corrected chi connectivity index (χ1v) is 22.7. The van der Waals surface area contributed by atoms with E-state index in [9.17, 15) is 43.1 Å². The third kappa shape index (κ3) is 18.1. The summed E-state index contributed by atoms with van der Waals surface area (Å²) in [4.78, 5) is 90.3. The third-order valence-electron chi connectivity index (χ3n) is 10.7. The van der Waals surface area contributed by atoms with Gasteiger partial charge in [-0.25, -0.2) is 8.78 Å². The molecule has 0 unspecified atom stereocenters. The second kappa shape index (κ2) is 28.3. The lowest BCUT2D eigenvalue weighted by atomic mass is 9.82. The van der Waals surface area contributed by atoms with Crippen LogP contribution in [0, 0.1) is 17.0 Å². The smallest absolute Gasteiger partial charge is 0.305 e. The van der Waals surface area contributed by atoms with E-state index < -0.39 is 96.3 Å². The van der Waals surface area contributed by atoms with Gasteiger partial charge in [0.25, 0.3) is 11.8 Å². The van der Waals surface area contributed by atoms with Gasteiger partial charge in [0.1, 0.15) is 30.8 Å². The average molecular weight is 984 g/mol. The fourth-order valence-electron chi connectivity index (χ4n) is 7.29. The van der Waals surface area contributed by atoms with Crippen LogP contribution in [0.1, 0.15) is 50.9 Å². The number of benzene rings is 2. The van der Waals surface area contributed by atoms with Gasteiger partial charge in [0.2, 0.25) is 23.6 Å². The Bertz CT molecular complexity index is 2250. The molecule has 1 aliphatic rings. The van der Waals surface area contributed by atoms with Gasteiger partial charge < -0.3 is 60.3 Å². The van der Waals surface area contributed by atoms with Gasteiger partial charge in [0, 0.05) is 61.3 Å². The number of carbonyl (C=O) groups is 7. The molecule has 70 heavy (non-hydrogen) atoms. The Morgan fingerprint density at radius 1 is 0.814 bits per heavy atom. The summed E-state index contributed by atoms with van der Waals surface area (Å²) in [5.41, 5.74) is 7.38. The first kappa shape index (κ1) is 56.2. The van der Waals surface area contributed by atoms with Gasteiger partial charge in [-0.1, -0.05) is 51.1 Å². The number of nitrogens with zero attached hydrogens (tertiary/aromatic N) is 3. The summed E-state index contributed by atoms with van der Waals surface area (Å²) in [6, 6.07) is 10.5. The third-order valence-corrected chi connectivity index (χ3v) is 10.7. The normalized spacial score (nSPS) is 13.8. The SMILES string of the molecule is CC(C)(C)[C@H](c1cc(-c2cc(F)ccc2F)cn1Cc1ccccc1)N(CC[C@H](N)C(=O)N[C@H](CNC(=O)CN1C(=O)C=CC1=O)C(=O)NCCOCCOCCOCCOCCC(=O)O)C(=O)CO. The van der Waals surface area contributed by atoms with Crippen LogP contribution in [-0.4, -0.2) is 164 Å². The van der Waals surface area contributed by atoms with E-state index in [4.69, 9.17) is 29.8 Å². The molecule has 2 heterocycles. The number of aliphatic carboxylic acids is 1. The summed E-state index contributed by atoms with van der Waals surface area (Å²) in [5, 5.41) is 26.5. The summed E-state index contributed by atoms with van der Waals surface area (Å²) < 4.78 is 52.9. The number of carboxylic acids is 1. The predicted molar refractivity (Wildman–Crippen MR) is 248 cm³/mol. The molecule has 3 aromatic rings. The van der Waals surface area contributed by atoms with Gasteiger partial charge in [0.15, 0.2) is 0 Å². The lowest BCUT2D eigenvalue weighted by Crippen LogP contribution is -2.57. The van der Waals surface area contributed by atoms with Crippen molar-refractivity contribution in [1.29, 1.82) is 0 Å². The second-order valence-corrected chi connectivity index (χ2v) is 17.1. The zero-order chi connectivity index (χ0) is 51.2. The predicted octanol–water partition coefficient (Wildman–Crippen LogP) is 1.29. The molecule has 2 aromatic carbocycles. The largest absolute Gasteiger partial charge is 0.481 e. The van der Waals surface area contributed by atoms with Gasteiger partial charge in [-0.3, -0.25) is 38.5 Å². The van der Waals surface area contributed by atoms with Crippen LogP contribution in [0.15, 0.2) is 72.9 Å². The first-order chi connectivity index (χ1) is 33.4. The van der Waals surface area contributed by atoms with E-state index in [1.165, 1.54) is 4.90 Å². The highest BCUT2D eigenvalue weighted by molar-refractivity contribution is 6.14. The van der Waals surface area contributed by atoms with Crippen LogP contribution in [0.4, 0.5) is 8.78 Å². The number of ether oxygens (including phenoxy) is 4. The van der Waals surface area contributed by atoms with Crippen molar-refractivity contribution in [3.63, 3.8) is 0 Å². The molecule has 22 heteroatoms. The van der Waals surface area contributed by atoms with Gasteiger partial charge >= 0.3 is 5.97 Å². The van der Waals surface area contributed by atoms with Crippen molar-refractivity contribution in [1.82, 2.24) is 30.3 Å². The summed E-state index contributed by atoms with van der Waals surface area (Å²) in [6.07, 6.45) is 3.40. The minimum absolute atomic E-state index is 0.00252. The van der Waals surface area contributed by atoms with Crippen LogP contribution in [0.2, 0.25) is 0 Å². The van der Waals surface area contributed by atoms with E-state index in [1.807, 2.05) is 55.7 Å². The van der Waals surface area contributed by atoms with Crippen LogP contribution in [0.3, 0.4) is 0 Å². The fraction of sp³-hybridized carbons (Fsp3) is 0.479. The number of halogens is 2. The number of aliphatic hydroxyl groups is 1. The highest BCUT2D eigenvalue weighted by Gasteiger charge is 2.38. The molecule has 4 rings (SSSR count). The van der Waals surface area contributed by atoms with Crippen molar-refractivity contribution >= 4 is 41.4 Å². The number of carboxylic acid groups (broad SMARTS) is 1. The van der Waals surface area contributed by atoms with Crippen molar-refractivity contribution in [3.8, 4) is 11.1 Å². The molecule has 6 amide bonds. The Balaban J connectivity index is 1.42. The van der Waals surface area contributed by atoms with Crippen molar-refractivity contribution in [2.45, 2.75) is 58.3 Å². The maximum atomic E-state index is 15.2. The lowest BCUT2D eigenvalue weighted by molar-refractivity contribution is -0.141. The van der Waals surface area contributed by atoms with Gasteiger partial charge in [-0.2, -0.15) is 0 Å². The summed E-state index contributed by atoms with van der Waals surface area (Å²) in [7, 11) is 0. The Labute approximate surface area is 404 Å². The molecule has 7 N–H and O–H groups in total. The Morgan fingerprint density at radius 2 is 1.43 bits per heavy atom. The maximum absolute atomic E-state index is 15.2. The van der Waals surface area contributed by atoms with Crippen molar-refractivity contribution in [3.05, 3.63) is 95.8 Å². The molecule has 382 valence electrons. The number of aliphatic hydroxyl groups excluding tert-OH is 1. The number of aromatic nitrogens is 1. The Kier molecular flexibility index (Phi) is 22.7. The molecule has 0 fully saturated rings. The average Bonchev–Trinajstić information content (AvgIpc) is 3.87. The summed E-state index contributed by atoms with van der Waals surface area (Å²) >= 11 is 0. The molecule has 3 atom stereocenters. The van der Waals surface area contributed by atoms with E-state index >= 15 is 4.39 Å². The molecule has 0 saturated heterocycles. The highest BCUT2D eigenvalue weighted by atomic mass is 19.1. The Hall–Kier alpha value is -6.43. The van der Waals surface area contributed by atoms with E-state index in [2.05, 4.69) is 16.0 Å². The molecule has 1 aromatic heterocycles. The maximum Gasteiger partial charge on any atom is 0.305 e.